The van der Waals surface area contributed by atoms with Crippen molar-refractivity contribution in [2.24, 2.45) is 5.14 Å². The first-order valence-electron chi connectivity index (χ1n) is 11.5. The van der Waals surface area contributed by atoms with Gasteiger partial charge in [-0.25, -0.2) is 13.6 Å². The van der Waals surface area contributed by atoms with Crippen molar-refractivity contribution in [3.63, 3.8) is 0 Å². The second kappa shape index (κ2) is 11.3. The van der Waals surface area contributed by atoms with Gasteiger partial charge in [-0.1, -0.05) is 54.1 Å². The van der Waals surface area contributed by atoms with Crippen molar-refractivity contribution in [2.45, 2.75) is 17.4 Å². The van der Waals surface area contributed by atoms with Crippen molar-refractivity contribution in [2.75, 3.05) is 44.6 Å². The van der Waals surface area contributed by atoms with E-state index >= 15 is 0 Å². The zero-order chi connectivity index (χ0) is 24.0. The molecule has 1 saturated heterocycles. The molecule has 3 aromatic carbocycles. The summed E-state index contributed by atoms with van der Waals surface area (Å²) in [7, 11) is -3.65. The number of anilines is 1. The Morgan fingerprint density at radius 1 is 0.853 bits per heavy atom. The summed E-state index contributed by atoms with van der Waals surface area (Å²) in [6, 6.07) is 25.6. The largest absolute Gasteiger partial charge is 0.385 e. The first kappa shape index (κ1) is 24.7. The average Bonchev–Trinajstić information content (AvgIpc) is 2.84. The maximum absolute atomic E-state index is 11.4. The molecule has 3 aromatic rings. The number of halogens is 1. The van der Waals surface area contributed by atoms with E-state index in [4.69, 9.17) is 16.7 Å². The van der Waals surface area contributed by atoms with Gasteiger partial charge < -0.3 is 10.2 Å². The van der Waals surface area contributed by atoms with E-state index in [1.54, 1.807) is 12.1 Å². The summed E-state index contributed by atoms with van der Waals surface area (Å²) in [6.45, 7) is 5.91. The normalized spacial score (nSPS) is 16.3. The van der Waals surface area contributed by atoms with Crippen LogP contribution in [0.5, 0.6) is 0 Å². The van der Waals surface area contributed by atoms with E-state index in [-0.39, 0.29) is 10.9 Å². The Kier molecular flexibility index (Phi) is 8.24. The fourth-order valence-corrected chi connectivity index (χ4v) is 5.08. The molecule has 0 aliphatic carbocycles. The molecular weight excluding hydrogens is 468 g/mol. The van der Waals surface area contributed by atoms with Gasteiger partial charge in [0.15, 0.2) is 0 Å². The number of nitrogens with one attached hydrogen (secondary N) is 1. The molecule has 0 saturated carbocycles. The van der Waals surface area contributed by atoms with E-state index in [0.717, 1.165) is 56.4 Å². The number of nitrogens with zero attached hydrogens (tertiary/aromatic N) is 2. The average molecular weight is 499 g/mol. The highest BCUT2D eigenvalue weighted by atomic mass is 35.5. The minimum Gasteiger partial charge on any atom is -0.385 e. The van der Waals surface area contributed by atoms with Gasteiger partial charge in [-0.05, 0) is 60.5 Å². The summed E-state index contributed by atoms with van der Waals surface area (Å²) in [4.78, 5) is 5.19. The Hall–Kier alpha value is -2.42. The van der Waals surface area contributed by atoms with Crippen LogP contribution < -0.4 is 10.5 Å². The number of hydrogen-bond donors (Lipinski definition) is 2. The molecule has 4 rings (SSSR count). The molecule has 1 aliphatic rings. The van der Waals surface area contributed by atoms with Crippen LogP contribution >= 0.6 is 11.6 Å². The Balaban J connectivity index is 1.27. The van der Waals surface area contributed by atoms with Crippen molar-refractivity contribution in [1.82, 2.24) is 9.80 Å². The van der Waals surface area contributed by atoms with E-state index in [2.05, 4.69) is 57.6 Å². The van der Waals surface area contributed by atoms with Crippen LogP contribution in [0.25, 0.3) is 0 Å². The number of nitrogens with two attached hydrogens (primary N) is 1. The monoisotopic (exact) mass is 498 g/mol. The number of hydrogen-bond acceptors (Lipinski definition) is 5. The van der Waals surface area contributed by atoms with Crippen LogP contribution in [0.3, 0.4) is 0 Å². The van der Waals surface area contributed by atoms with Gasteiger partial charge in [0.25, 0.3) is 0 Å². The molecule has 0 spiro atoms. The van der Waals surface area contributed by atoms with Gasteiger partial charge in [0.2, 0.25) is 10.0 Å². The van der Waals surface area contributed by atoms with Crippen molar-refractivity contribution in [3.05, 3.63) is 95.0 Å². The summed E-state index contributed by atoms with van der Waals surface area (Å²) >= 11 is 6.14. The second-order valence-corrected chi connectivity index (χ2v) is 10.6. The predicted octanol–water partition coefficient (Wildman–Crippen LogP) is 4.20. The van der Waals surface area contributed by atoms with Gasteiger partial charge in [-0.15, -0.1) is 0 Å². The highest BCUT2D eigenvalue weighted by Gasteiger charge is 2.26. The first-order valence-corrected chi connectivity index (χ1v) is 13.5. The molecule has 1 aliphatic heterocycles. The standard InChI is InChI=1S/C26H31ClN4O2S/c27-23-9-7-22(8-10-23)26(21-5-2-1-3-6-21)31-19-17-30(18-20-31)16-4-15-29-24-11-13-25(14-12-24)34(28,32)33/h1-3,5-14,26,29H,4,15-20H2,(H2,28,32,33)/t26-/m1/s1. The van der Waals surface area contributed by atoms with Crippen LogP contribution in [0.15, 0.2) is 83.8 Å². The van der Waals surface area contributed by atoms with E-state index in [9.17, 15) is 8.42 Å². The number of piperazine rings is 1. The molecule has 6 nitrogen and oxygen atoms in total. The van der Waals surface area contributed by atoms with Crippen LogP contribution in [0.2, 0.25) is 5.02 Å². The maximum atomic E-state index is 11.4. The summed E-state index contributed by atoms with van der Waals surface area (Å²) in [5, 5.41) is 9.26. The molecule has 180 valence electrons. The second-order valence-electron chi connectivity index (χ2n) is 8.59. The van der Waals surface area contributed by atoms with Crippen LogP contribution in [-0.2, 0) is 10.0 Å². The SMILES string of the molecule is NS(=O)(=O)c1ccc(NCCCN2CCN([C@H](c3ccccc3)c3ccc(Cl)cc3)CC2)cc1. The Morgan fingerprint density at radius 2 is 1.47 bits per heavy atom. The van der Waals surface area contributed by atoms with Gasteiger partial charge in [0.1, 0.15) is 0 Å². The van der Waals surface area contributed by atoms with E-state index in [0.29, 0.717) is 0 Å². The lowest BCUT2D eigenvalue weighted by Crippen LogP contribution is -2.48. The van der Waals surface area contributed by atoms with Crippen LogP contribution in [-0.4, -0.2) is 57.5 Å². The zero-order valence-electron chi connectivity index (χ0n) is 19.1. The summed E-state index contributed by atoms with van der Waals surface area (Å²) in [5.74, 6) is 0. The summed E-state index contributed by atoms with van der Waals surface area (Å²) in [6.07, 6.45) is 1.01. The molecule has 0 radical (unpaired) electrons. The molecule has 0 amide bonds. The van der Waals surface area contributed by atoms with Gasteiger partial charge in [-0.2, -0.15) is 0 Å². The molecule has 0 aromatic heterocycles. The lowest BCUT2D eigenvalue weighted by atomic mass is 9.96. The Bertz CT molecular complexity index is 1150. The predicted molar refractivity (Wildman–Crippen MR) is 139 cm³/mol. The molecule has 3 N–H and O–H groups in total. The van der Waals surface area contributed by atoms with Gasteiger partial charge in [-0.3, -0.25) is 4.90 Å². The Labute approximate surface area is 207 Å². The molecule has 1 atom stereocenters. The van der Waals surface area contributed by atoms with Crippen molar-refractivity contribution in [3.8, 4) is 0 Å². The van der Waals surface area contributed by atoms with Crippen molar-refractivity contribution in [1.29, 1.82) is 0 Å². The van der Waals surface area contributed by atoms with Crippen LogP contribution in [0.1, 0.15) is 23.6 Å². The van der Waals surface area contributed by atoms with E-state index in [1.807, 2.05) is 12.1 Å². The maximum Gasteiger partial charge on any atom is 0.238 e. The number of sulfonamides is 1. The lowest BCUT2D eigenvalue weighted by Gasteiger charge is -2.40. The quantitative estimate of drug-likeness (QED) is 0.432. The van der Waals surface area contributed by atoms with E-state index in [1.165, 1.54) is 23.3 Å². The molecular formula is C26H31ClN4O2S. The third kappa shape index (κ3) is 6.58. The Morgan fingerprint density at radius 3 is 2.09 bits per heavy atom. The highest BCUT2D eigenvalue weighted by molar-refractivity contribution is 7.89. The fourth-order valence-electron chi connectivity index (χ4n) is 4.44. The summed E-state index contributed by atoms with van der Waals surface area (Å²) < 4.78 is 22.7. The topological polar surface area (TPSA) is 78.7 Å². The van der Waals surface area contributed by atoms with Gasteiger partial charge in [0, 0.05) is 43.4 Å². The minimum atomic E-state index is -3.65. The molecule has 0 unspecified atom stereocenters. The van der Waals surface area contributed by atoms with Crippen LogP contribution in [0.4, 0.5) is 5.69 Å². The van der Waals surface area contributed by atoms with Crippen molar-refractivity contribution >= 4 is 27.3 Å². The first-order chi connectivity index (χ1) is 16.4. The third-order valence-corrected chi connectivity index (χ3v) is 7.42. The molecule has 1 fully saturated rings. The highest BCUT2D eigenvalue weighted by Crippen LogP contribution is 2.30. The third-order valence-electron chi connectivity index (χ3n) is 6.24. The molecule has 0 bridgehead atoms. The molecule has 34 heavy (non-hydrogen) atoms. The fraction of sp³-hybridized carbons (Fsp3) is 0.308. The number of primary sulfonamides is 1. The smallest absolute Gasteiger partial charge is 0.238 e. The summed E-state index contributed by atoms with van der Waals surface area (Å²) in [5.41, 5.74) is 3.46. The van der Waals surface area contributed by atoms with Crippen LogP contribution in [0, 0.1) is 0 Å². The van der Waals surface area contributed by atoms with E-state index < -0.39 is 10.0 Å². The molecule has 8 heteroatoms. The minimum absolute atomic E-state index is 0.128. The zero-order valence-corrected chi connectivity index (χ0v) is 20.7. The number of rotatable bonds is 9. The van der Waals surface area contributed by atoms with Crippen molar-refractivity contribution < 1.29 is 8.42 Å². The van der Waals surface area contributed by atoms with Gasteiger partial charge >= 0.3 is 0 Å². The number of benzene rings is 3. The van der Waals surface area contributed by atoms with Gasteiger partial charge in [0.05, 0.1) is 10.9 Å². The molecule has 1 heterocycles. The lowest BCUT2D eigenvalue weighted by molar-refractivity contribution is 0.109.